The lowest BCUT2D eigenvalue weighted by molar-refractivity contribution is 0.360. The molecular weight excluding hydrogens is 254 g/mol. The molecule has 7 heteroatoms. The summed E-state index contributed by atoms with van der Waals surface area (Å²) >= 11 is 0. The van der Waals surface area contributed by atoms with E-state index in [1.54, 1.807) is 13.8 Å². The van der Waals surface area contributed by atoms with Gasteiger partial charge < -0.3 is 10.3 Å². The second-order valence-corrected chi connectivity index (χ2v) is 6.48. The van der Waals surface area contributed by atoms with E-state index in [0.717, 1.165) is 25.7 Å². The van der Waals surface area contributed by atoms with Gasteiger partial charge in [-0.15, -0.1) is 0 Å². The predicted octanol–water partition coefficient (Wildman–Crippen LogP) is 0.840. The Morgan fingerprint density at radius 2 is 2.00 bits per heavy atom. The molecule has 0 spiro atoms. The van der Waals surface area contributed by atoms with Gasteiger partial charge in [-0.1, -0.05) is 18.0 Å². The summed E-state index contributed by atoms with van der Waals surface area (Å²) in [6, 6.07) is -0.313. The molecule has 1 fully saturated rings. The maximum absolute atomic E-state index is 12.3. The van der Waals surface area contributed by atoms with Gasteiger partial charge in [-0.2, -0.15) is 0 Å². The van der Waals surface area contributed by atoms with Crippen molar-refractivity contribution in [2.75, 3.05) is 0 Å². The minimum Gasteiger partial charge on any atom is -0.360 e. The summed E-state index contributed by atoms with van der Waals surface area (Å²) in [7, 11) is -3.60. The number of aromatic nitrogens is 1. The summed E-state index contributed by atoms with van der Waals surface area (Å²) in [5, 5.41) is 3.67. The van der Waals surface area contributed by atoms with Gasteiger partial charge in [-0.25, -0.2) is 13.1 Å². The molecule has 18 heavy (non-hydrogen) atoms. The monoisotopic (exact) mass is 273 g/mol. The number of hydrogen-bond acceptors (Lipinski definition) is 5. The molecule has 1 saturated carbocycles. The minimum atomic E-state index is -3.60. The van der Waals surface area contributed by atoms with Crippen molar-refractivity contribution in [3.8, 4) is 0 Å². The van der Waals surface area contributed by atoms with Crippen LogP contribution in [0.15, 0.2) is 9.42 Å². The fraction of sp³-hybridized carbons (Fsp3) is 0.727. The van der Waals surface area contributed by atoms with Crippen LogP contribution in [-0.2, 0) is 10.0 Å². The molecule has 3 N–H and O–H groups in total. The molecule has 1 aliphatic rings. The first-order valence-corrected chi connectivity index (χ1v) is 7.61. The normalized spacial score (nSPS) is 25.3. The van der Waals surface area contributed by atoms with Gasteiger partial charge in [-0.3, -0.25) is 0 Å². The molecule has 0 aliphatic heterocycles. The average Bonchev–Trinajstić information content (AvgIpc) is 2.62. The fourth-order valence-electron chi connectivity index (χ4n) is 2.42. The van der Waals surface area contributed by atoms with Crippen LogP contribution < -0.4 is 10.5 Å². The van der Waals surface area contributed by atoms with E-state index in [1.165, 1.54) is 0 Å². The molecular formula is C11H19N3O3S. The molecule has 1 aliphatic carbocycles. The van der Waals surface area contributed by atoms with E-state index in [1.807, 2.05) is 0 Å². The smallest absolute Gasteiger partial charge is 0.246 e. The number of nitrogens with zero attached hydrogens (tertiary/aromatic N) is 1. The number of nitrogens with two attached hydrogens (primary N) is 1. The Labute approximate surface area is 107 Å². The molecule has 2 unspecified atom stereocenters. The van der Waals surface area contributed by atoms with E-state index in [2.05, 4.69) is 9.88 Å². The van der Waals surface area contributed by atoms with Crippen LogP contribution in [0.25, 0.3) is 0 Å². The van der Waals surface area contributed by atoms with E-state index >= 15 is 0 Å². The summed E-state index contributed by atoms with van der Waals surface area (Å²) in [5.41, 5.74) is 6.33. The number of aryl methyl sites for hydroxylation is 2. The lowest BCUT2D eigenvalue weighted by Gasteiger charge is -2.28. The third-order valence-electron chi connectivity index (χ3n) is 3.36. The highest BCUT2D eigenvalue weighted by Gasteiger charge is 2.30. The number of hydrogen-bond donors (Lipinski definition) is 2. The van der Waals surface area contributed by atoms with Crippen molar-refractivity contribution in [3.63, 3.8) is 0 Å². The molecule has 0 aromatic carbocycles. The van der Waals surface area contributed by atoms with E-state index < -0.39 is 10.0 Å². The molecule has 2 rings (SSSR count). The molecule has 102 valence electrons. The van der Waals surface area contributed by atoms with E-state index in [0.29, 0.717) is 11.5 Å². The van der Waals surface area contributed by atoms with Gasteiger partial charge in [-0.05, 0) is 26.7 Å². The number of nitrogens with one attached hydrogen (secondary N) is 1. The highest BCUT2D eigenvalue weighted by molar-refractivity contribution is 7.89. The SMILES string of the molecule is Cc1noc(C)c1S(=O)(=O)NC1CCCCC1N. The van der Waals surface area contributed by atoms with Crippen LogP contribution in [-0.4, -0.2) is 25.7 Å². The third-order valence-corrected chi connectivity index (χ3v) is 5.10. The van der Waals surface area contributed by atoms with Gasteiger partial charge in [0.1, 0.15) is 10.6 Å². The highest BCUT2D eigenvalue weighted by Crippen LogP contribution is 2.22. The van der Waals surface area contributed by atoms with Gasteiger partial charge in [0, 0.05) is 12.1 Å². The van der Waals surface area contributed by atoms with Crippen LogP contribution in [0.3, 0.4) is 0 Å². The van der Waals surface area contributed by atoms with Gasteiger partial charge in [0.05, 0.1) is 0 Å². The van der Waals surface area contributed by atoms with Crippen molar-refractivity contribution in [3.05, 3.63) is 11.5 Å². The zero-order chi connectivity index (χ0) is 13.3. The van der Waals surface area contributed by atoms with Gasteiger partial charge in [0.15, 0.2) is 5.76 Å². The first-order valence-electron chi connectivity index (χ1n) is 6.12. The summed E-state index contributed by atoms with van der Waals surface area (Å²) in [5.74, 6) is 0.310. The number of rotatable bonds is 3. The second-order valence-electron chi connectivity index (χ2n) is 4.83. The Hall–Kier alpha value is -0.920. The van der Waals surface area contributed by atoms with Gasteiger partial charge >= 0.3 is 0 Å². The lowest BCUT2D eigenvalue weighted by Crippen LogP contribution is -2.49. The van der Waals surface area contributed by atoms with Crippen molar-refractivity contribution in [2.45, 2.75) is 56.5 Å². The summed E-state index contributed by atoms with van der Waals surface area (Å²) in [6.45, 7) is 3.21. The lowest BCUT2D eigenvalue weighted by atomic mass is 9.92. The summed E-state index contributed by atoms with van der Waals surface area (Å²) in [4.78, 5) is 0.139. The summed E-state index contributed by atoms with van der Waals surface area (Å²) < 4.78 is 32.1. The zero-order valence-electron chi connectivity index (χ0n) is 10.6. The van der Waals surface area contributed by atoms with E-state index in [9.17, 15) is 8.42 Å². The third kappa shape index (κ3) is 2.57. The van der Waals surface area contributed by atoms with Crippen molar-refractivity contribution in [2.24, 2.45) is 5.73 Å². The number of sulfonamides is 1. The fourth-order valence-corrected chi connectivity index (χ4v) is 4.07. The van der Waals surface area contributed by atoms with Crippen molar-refractivity contribution in [1.82, 2.24) is 9.88 Å². The minimum absolute atomic E-state index is 0.117. The average molecular weight is 273 g/mol. The first kappa shape index (κ1) is 13.5. The van der Waals surface area contributed by atoms with Crippen LogP contribution in [0.2, 0.25) is 0 Å². The zero-order valence-corrected chi connectivity index (χ0v) is 11.5. The van der Waals surface area contributed by atoms with E-state index in [4.69, 9.17) is 10.3 Å². The van der Waals surface area contributed by atoms with Crippen LogP contribution in [0.1, 0.15) is 37.1 Å². The van der Waals surface area contributed by atoms with E-state index in [-0.39, 0.29) is 17.0 Å². The Balaban J connectivity index is 2.22. The maximum atomic E-state index is 12.3. The Morgan fingerprint density at radius 1 is 1.33 bits per heavy atom. The largest absolute Gasteiger partial charge is 0.360 e. The first-order chi connectivity index (χ1) is 8.42. The molecule has 0 amide bonds. The predicted molar refractivity (Wildman–Crippen MR) is 66.5 cm³/mol. The highest BCUT2D eigenvalue weighted by atomic mass is 32.2. The Morgan fingerprint density at radius 3 is 2.56 bits per heavy atom. The molecule has 0 radical (unpaired) electrons. The van der Waals surface area contributed by atoms with Crippen molar-refractivity contribution < 1.29 is 12.9 Å². The van der Waals surface area contributed by atoms with Crippen LogP contribution in [0.5, 0.6) is 0 Å². The summed E-state index contributed by atoms with van der Waals surface area (Å²) in [6.07, 6.45) is 3.70. The van der Waals surface area contributed by atoms with Crippen molar-refractivity contribution >= 4 is 10.0 Å². The maximum Gasteiger partial charge on any atom is 0.246 e. The quantitative estimate of drug-likeness (QED) is 0.850. The van der Waals surface area contributed by atoms with Crippen molar-refractivity contribution in [1.29, 1.82) is 0 Å². The molecule has 1 heterocycles. The van der Waals surface area contributed by atoms with Crippen LogP contribution in [0.4, 0.5) is 0 Å². The topological polar surface area (TPSA) is 98.2 Å². The molecule has 2 atom stereocenters. The second kappa shape index (κ2) is 4.99. The van der Waals surface area contributed by atoms with Gasteiger partial charge in [0.2, 0.25) is 10.0 Å². The van der Waals surface area contributed by atoms with Crippen LogP contribution in [0, 0.1) is 13.8 Å². The molecule has 0 bridgehead atoms. The Kier molecular flexibility index (Phi) is 3.74. The molecule has 1 aromatic rings. The van der Waals surface area contributed by atoms with Gasteiger partial charge in [0.25, 0.3) is 0 Å². The van der Waals surface area contributed by atoms with Crippen LogP contribution >= 0.6 is 0 Å². The molecule has 1 aromatic heterocycles. The standard InChI is InChI=1S/C11H19N3O3S/c1-7-11(8(2)17-13-7)18(15,16)14-10-6-4-3-5-9(10)12/h9-10,14H,3-6,12H2,1-2H3. The Bertz CT molecular complexity index is 504. The molecule has 0 saturated heterocycles. The molecule has 6 nitrogen and oxygen atoms in total.